The Labute approximate surface area is 164 Å². The molecule has 3 aromatic rings. The van der Waals surface area contributed by atoms with Gasteiger partial charge < -0.3 is 14.6 Å². The molecule has 1 aromatic heterocycles. The van der Waals surface area contributed by atoms with Crippen molar-refractivity contribution in [2.45, 2.75) is 0 Å². The second kappa shape index (κ2) is 6.61. The Hall–Kier alpha value is -3.45. The van der Waals surface area contributed by atoms with Gasteiger partial charge in [-0.15, -0.1) is 11.3 Å². The largest absolute Gasteiger partial charge is 0.507 e. The molecule has 6 nitrogen and oxygen atoms in total. The number of carbonyl (C=O) groups is 3. The topological polar surface area (TPSA) is 89.9 Å². The van der Waals surface area contributed by atoms with Crippen molar-refractivity contribution in [1.29, 1.82) is 0 Å². The van der Waals surface area contributed by atoms with E-state index in [1.54, 1.807) is 24.3 Å². The molecule has 7 heteroatoms. The van der Waals surface area contributed by atoms with Crippen LogP contribution in [-0.4, -0.2) is 36.7 Å². The van der Waals surface area contributed by atoms with Crippen molar-refractivity contribution >= 4 is 28.7 Å². The number of fused-ring (bicyclic) bond motifs is 2. The zero-order chi connectivity index (χ0) is 20.0. The van der Waals surface area contributed by atoms with Crippen LogP contribution in [0.5, 0.6) is 17.2 Å². The van der Waals surface area contributed by atoms with Crippen molar-refractivity contribution in [2.75, 3.05) is 14.2 Å². The number of aromatic hydroxyl groups is 1. The number of phenolic OH excluding ortho intramolecular Hbond substituents is 1. The van der Waals surface area contributed by atoms with Crippen LogP contribution in [0.3, 0.4) is 0 Å². The first-order valence-corrected chi connectivity index (χ1v) is 9.09. The molecule has 0 bridgehead atoms. The lowest BCUT2D eigenvalue weighted by Crippen LogP contribution is -2.19. The molecule has 0 aliphatic heterocycles. The first-order valence-electron chi connectivity index (χ1n) is 8.28. The summed E-state index contributed by atoms with van der Waals surface area (Å²) in [6.07, 6.45) is 0. The molecule has 0 atom stereocenters. The third kappa shape index (κ3) is 2.59. The maximum Gasteiger partial charge on any atom is 0.208 e. The van der Waals surface area contributed by atoms with Crippen LogP contribution in [-0.2, 0) is 0 Å². The Kier molecular flexibility index (Phi) is 4.24. The molecule has 1 aliphatic carbocycles. The van der Waals surface area contributed by atoms with E-state index in [1.165, 1.54) is 32.4 Å². The summed E-state index contributed by atoms with van der Waals surface area (Å²) in [6.45, 7) is 0. The molecule has 0 saturated carbocycles. The summed E-state index contributed by atoms with van der Waals surface area (Å²) in [4.78, 5) is 39.1. The Balaban J connectivity index is 1.80. The quantitative estimate of drug-likeness (QED) is 0.533. The average molecular weight is 394 g/mol. The van der Waals surface area contributed by atoms with Gasteiger partial charge >= 0.3 is 0 Å². The first kappa shape index (κ1) is 17.9. The predicted octanol–water partition coefficient (Wildman–Crippen LogP) is 3.48. The molecule has 4 rings (SSSR count). The molecular formula is C21H14O6S. The standard InChI is InChI=1S/C21H14O6S/c1-26-10-6-7-11(14(22)8-10)19(24)16-9-13-18(23)12-4-3-5-15(27-2)17(12)20(25)21(13)28-16/h3-9,22H,1-2H3. The minimum atomic E-state index is -0.476. The summed E-state index contributed by atoms with van der Waals surface area (Å²) in [5, 5.41) is 10.1. The van der Waals surface area contributed by atoms with Crippen molar-refractivity contribution in [1.82, 2.24) is 0 Å². The van der Waals surface area contributed by atoms with Crippen molar-refractivity contribution in [3.8, 4) is 17.2 Å². The van der Waals surface area contributed by atoms with Crippen LogP contribution in [0.25, 0.3) is 0 Å². The van der Waals surface area contributed by atoms with Gasteiger partial charge in [-0.3, -0.25) is 14.4 Å². The second-order valence-corrected chi connectivity index (χ2v) is 7.16. The maximum atomic E-state index is 13.0. The number of thiophene rings is 1. The van der Waals surface area contributed by atoms with Gasteiger partial charge in [0.15, 0.2) is 5.78 Å². The van der Waals surface area contributed by atoms with Gasteiger partial charge in [-0.1, -0.05) is 12.1 Å². The van der Waals surface area contributed by atoms with E-state index in [0.717, 1.165) is 11.3 Å². The highest BCUT2D eigenvalue weighted by molar-refractivity contribution is 7.17. The van der Waals surface area contributed by atoms with Crippen molar-refractivity contribution < 1.29 is 29.0 Å². The van der Waals surface area contributed by atoms with Gasteiger partial charge in [0.2, 0.25) is 11.6 Å². The normalized spacial score (nSPS) is 12.4. The fraction of sp³-hybridized carbons (Fsp3) is 0.0952. The fourth-order valence-corrected chi connectivity index (χ4v) is 4.24. The lowest BCUT2D eigenvalue weighted by atomic mass is 9.88. The zero-order valence-corrected chi connectivity index (χ0v) is 15.8. The minimum absolute atomic E-state index is 0.0642. The van der Waals surface area contributed by atoms with E-state index in [-0.39, 0.29) is 49.3 Å². The number of ketones is 3. The van der Waals surface area contributed by atoms with Gasteiger partial charge in [0.1, 0.15) is 17.2 Å². The SMILES string of the molecule is COc1ccc(C(=O)c2cc3c(s2)C(=O)c2c(OC)cccc2C3=O)c(O)c1. The highest BCUT2D eigenvalue weighted by Crippen LogP contribution is 2.38. The molecule has 0 spiro atoms. The number of rotatable bonds is 4. The van der Waals surface area contributed by atoms with Crippen LogP contribution in [0, 0.1) is 0 Å². The Morgan fingerprint density at radius 1 is 0.964 bits per heavy atom. The van der Waals surface area contributed by atoms with Crippen molar-refractivity contribution in [3.63, 3.8) is 0 Å². The van der Waals surface area contributed by atoms with Gasteiger partial charge in [-0.2, -0.15) is 0 Å². The molecule has 140 valence electrons. The summed E-state index contributed by atoms with van der Waals surface area (Å²) in [5.41, 5.74) is 0.707. The van der Waals surface area contributed by atoms with Gasteiger partial charge in [-0.05, 0) is 24.3 Å². The van der Waals surface area contributed by atoms with E-state index in [0.29, 0.717) is 11.5 Å². The first-order chi connectivity index (χ1) is 13.5. The lowest BCUT2D eigenvalue weighted by Gasteiger charge is -2.16. The van der Waals surface area contributed by atoms with Gasteiger partial charge in [0, 0.05) is 17.2 Å². The van der Waals surface area contributed by atoms with Crippen molar-refractivity contribution in [2.24, 2.45) is 0 Å². The van der Waals surface area contributed by atoms with Crippen LogP contribution in [0.4, 0.5) is 0 Å². The third-order valence-corrected chi connectivity index (χ3v) is 5.71. The van der Waals surface area contributed by atoms with Crippen LogP contribution in [0.2, 0.25) is 0 Å². The molecule has 28 heavy (non-hydrogen) atoms. The minimum Gasteiger partial charge on any atom is -0.507 e. The molecular weight excluding hydrogens is 380 g/mol. The Bertz CT molecular complexity index is 1160. The summed E-state index contributed by atoms with van der Waals surface area (Å²) in [6, 6.07) is 10.6. The summed E-state index contributed by atoms with van der Waals surface area (Å²) >= 11 is 0.934. The monoisotopic (exact) mass is 394 g/mol. The summed E-state index contributed by atoms with van der Waals surface area (Å²) in [7, 11) is 2.88. The number of methoxy groups -OCH3 is 2. The second-order valence-electron chi connectivity index (χ2n) is 6.11. The van der Waals surface area contributed by atoms with E-state index in [1.807, 2.05) is 0 Å². The van der Waals surface area contributed by atoms with Crippen LogP contribution in [0.1, 0.15) is 46.4 Å². The molecule has 0 saturated heterocycles. The summed E-state index contributed by atoms with van der Waals surface area (Å²) < 4.78 is 10.2. The van der Waals surface area contributed by atoms with E-state index in [2.05, 4.69) is 0 Å². The van der Waals surface area contributed by atoms with E-state index in [9.17, 15) is 19.5 Å². The van der Waals surface area contributed by atoms with E-state index >= 15 is 0 Å². The zero-order valence-electron chi connectivity index (χ0n) is 14.9. The molecule has 0 fully saturated rings. The number of hydrogen-bond donors (Lipinski definition) is 1. The third-order valence-electron chi connectivity index (χ3n) is 4.57. The lowest BCUT2D eigenvalue weighted by molar-refractivity contribution is 0.0980. The van der Waals surface area contributed by atoms with Gasteiger partial charge in [0.05, 0.1) is 35.1 Å². The maximum absolute atomic E-state index is 13.0. The number of hydrogen-bond acceptors (Lipinski definition) is 7. The molecule has 1 aliphatic rings. The average Bonchev–Trinajstić information content (AvgIpc) is 3.17. The number of ether oxygens (including phenoxy) is 2. The Morgan fingerprint density at radius 3 is 2.43 bits per heavy atom. The highest BCUT2D eigenvalue weighted by atomic mass is 32.1. The number of benzene rings is 2. The van der Waals surface area contributed by atoms with Crippen molar-refractivity contribution in [3.05, 3.63) is 74.5 Å². The Morgan fingerprint density at radius 2 is 1.75 bits per heavy atom. The molecule has 0 radical (unpaired) electrons. The molecule has 2 aromatic carbocycles. The molecule has 1 N–H and O–H groups in total. The van der Waals surface area contributed by atoms with Crippen LogP contribution < -0.4 is 9.47 Å². The molecule has 0 unspecified atom stereocenters. The van der Waals surface area contributed by atoms with Gasteiger partial charge in [-0.25, -0.2) is 0 Å². The number of carbonyl (C=O) groups excluding carboxylic acids is 3. The fourth-order valence-electron chi connectivity index (χ4n) is 3.19. The van der Waals surface area contributed by atoms with Crippen LogP contribution in [0.15, 0.2) is 42.5 Å². The van der Waals surface area contributed by atoms with Gasteiger partial charge in [0.25, 0.3) is 0 Å². The summed E-state index contributed by atoms with van der Waals surface area (Å²) in [5.74, 6) is -0.680. The highest BCUT2D eigenvalue weighted by Gasteiger charge is 2.35. The smallest absolute Gasteiger partial charge is 0.208 e. The van der Waals surface area contributed by atoms with Crippen LogP contribution >= 0.6 is 11.3 Å². The van der Waals surface area contributed by atoms with E-state index in [4.69, 9.17) is 9.47 Å². The van der Waals surface area contributed by atoms with E-state index < -0.39 is 5.78 Å². The molecule has 1 heterocycles. The number of phenols is 1. The molecule has 0 amide bonds. The predicted molar refractivity (Wildman–Crippen MR) is 102 cm³/mol.